The van der Waals surface area contributed by atoms with Gasteiger partial charge in [0.15, 0.2) is 0 Å². The number of amides is 1. The number of benzene rings is 1. The van der Waals surface area contributed by atoms with E-state index in [2.05, 4.69) is 15.5 Å². The third-order valence-electron chi connectivity index (χ3n) is 4.06. The Hall–Kier alpha value is -3.81. The summed E-state index contributed by atoms with van der Waals surface area (Å²) in [6.07, 6.45) is 4.59. The molecule has 0 aliphatic carbocycles. The van der Waals surface area contributed by atoms with E-state index in [0.29, 0.717) is 11.3 Å². The van der Waals surface area contributed by atoms with Crippen molar-refractivity contribution in [2.45, 2.75) is 13.8 Å². The molecule has 0 fully saturated rings. The first-order valence-corrected chi connectivity index (χ1v) is 8.14. The van der Waals surface area contributed by atoms with Gasteiger partial charge in [-0.25, -0.2) is 5.43 Å². The molecule has 2 heterocycles. The number of carbonyl (C=O) groups excluding carboxylic acids is 1. The van der Waals surface area contributed by atoms with E-state index in [0.717, 1.165) is 17.0 Å². The predicted octanol–water partition coefficient (Wildman–Crippen LogP) is 3.16. The van der Waals surface area contributed by atoms with E-state index in [1.807, 2.05) is 24.5 Å². The second-order valence-electron chi connectivity index (χ2n) is 5.88. The highest BCUT2D eigenvalue weighted by atomic mass is 16.6. The largest absolute Gasteiger partial charge is 0.318 e. The first kappa shape index (κ1) is 18.0. The number of carbonyl (C=O) groups is 1. The number of nitro groups is 1. The second kappa shape index (κ2) is 7.61. The van der Waals surface area contributed by atoms with Crippen molar-refractivity contribution in [3.63, 3.8) is 0 Å². The molecule has 27 heavy (non-hydrogen) atoms. The van der Waals surface area contributed by atoms with Gasteiger partial charge in [0.1, 0.15) is 0 Å². The molecule has 8 nitrogen and oxygen atoms in total. The van der Waals surface area contributed by atoms with Crippen LogP contribution in [0.5, 0.6) is 0 Å². The number of nitrogens with zero attached hydrogens (tertiary/aromatic N) is 4. The summed E-state index contributed by atoms with van der Waals surface area (Å²) in [5.74, 6) is -0.355. The molecule has 8 heteroatoms. The van der Waals surface area contributed by atoms with Crippen LogP contribution in [0.2, 0.25) is 0 Å². The van der Waals surface area contributed by atoms with Gasteiger partial charge in [0.25, 0.3) is 11.6 Å². The lowest BCUT2D eigenvalue weighted by Gasteiger charge is -2.09. The Labute approximate surface area is 155 Å². The van der Waals surface area contributed by atoms with Gasteiger partial charge in [0.05, 0.1) is 22.4 Å². The molecule has 0 bridgehead atoms. The summed E-state index contributed by atoms with van der Waals surface area (Å²) >= 11 is 0. The topological polar surface area (TPSA) is 102 Å². The van der Waals surface area contributed by atoms with Crippen molar-refractivity contribution in [3.8, 4) is 5.69 Å². The first-order valence-electron chi connectivity index (χ1n) is 8.14. The number of hydrazone groups is 1. The third-order valence-corrected chi connectivity index (χ3v) is 4.06. The number of hydrogen-bond donors (Lipinski definition) is 1. The highest BCUT2D eigenvalue weighted by molar-refractivity contribution is 5.94. The summed E-state index contributed by atoms with van der Waals surface area (Å²) in [6.45, 7) is 3.79. The van der Waals surface area contributed by atoms with Crippen LogP contribution in [0, 0.1) is 24.0 Å². The van der Waals surface area contributed by atoms with Gasteiger partial charge in [-0.1, -0.05) is 6.07 Å². The molecule has 0 radical (unpaired) electrons. The Morgan fingerprint density at radius 3 is 2.78 bits per heavy atom. The van der Waals surface area contributed by atoms with E-state index in [4.69, 9.17) is 0 Å². The fourth-order valence-electron chi connectivity index (χ4n) is 2.78. The van der Waals surface area contributed by atoms with Crippen LogP contribution in [-0.4, -0.2) is 26.6 Å². The van der Waals surface area contributed by atoms with Gasteiger partial charge >= 0.3 is 0 Å². The van der Waals surface area contributed by atoms with E-state index in [1.165, 1.54) is 18.3 Å². The van der Waals surface area contributed by atoms with Crippen molar-refractivity contribution in [1.82, 2.24) is 15.0 Å². The number of pyridine rings is 1. The summed E-state index contributed by atoms with van der Waals surface area (Å²) in [7, 11) is 0. The number of nitrogens with one attached hydrogen (secondary N) is 1. The van der Waals surface area contributed by atoms with Crippen LogP contribution >= 0.6 is 0 Å². The highest BCUT2D eigenvalue weighted by Crippen LogP contribution is 2.23. The van der Waals surface area contributed by atoms with Crippen LogP contribution in [0.1, 0.15) is 27.3 Å². The Morgan fingerprint density at radius 2 is 2.07 bits per heavy atom. The summed E-state index contributed by atoms with van der Waals surface area (Å²) in [5.41, 5.74) is 6.14. The van der Waals surface area contributed by atoms with Gasteiger partial charge in [-0.05, 0) is 38.1 Å². The molecule has 0 aliphatic heterocycles. The van der Waals surface area contributed by atoms with E-state index in [9.17, 15) is 14.9 Å². The maximum Gasteiger partial charge on any atom is 0.272 e. The molecule has 1 aromatic carbocycles. The monoisotopic (exact) mass is 363 g/mol. The smallest absolute Gasteiger partial charge is 0.272 e. The Kier molecular flexibility index (Phi) is 5.07. The molecule has 0 spiro atoms. The van der Waals surface area contributed by atoms with E-state index in [-0.39, 0.29) is 11.6 Å². The maximum absolute atomic E-state index is 12.0. The summed E-state index contributed by atoms with van der Waals surface area (Å²) in [5, 5.41) is 15.0. The molecule has 0 saturated carbocycles. The zero-order valence-electron chi connectivity index (χ0n) is 14.8. The molecule has 2 aromatic heterocycles. The SMILES string of the molecule is Cc1cc(/C=N/NC(=O)c2cccnc2)c(C)n1-c1cccc([N+](=O)[O-])c1. The Morgan fingerprint density at radius 1 is 1.26 bits per heavy atom. The van der Waals surface area contributed by atoms with Crippen LogP contribution < -0.4 is 5.43 Å². The van der Waals surface area contributed by atoms with Crippen LogP contribution in [0.25, 0.3) is 5.69 Å². The number of rotatable bonds is 5. The minimum atomic E-state index is -0.423. The number of non-ortho nitro benzene ring substituents is 1. The minimum Gasteiger partial charge on any atom is -0.318 e. The van der Waals surface area contributed by atoms with Gasteiger partial charge < -0.3 is 4.57 Å². The maximum atomic E-state index is 12.0. The molecular formula is C19H17N5O3. The van der Waals surface area contributed by atoms with E-state index in [1.54, 1.807) is 36.7 Å². The van der Waals surface area contributed by atoms with Gasteiger partial charge in [0.2, 0.25) is 0 Å². The van der Waals surface area contributed by atoms with Crippen molar-refractivity contribution >= 4 is 17.8 Å². The average Bonchev–Trinajstić information content (AvgIpc) is 2.96. The molecule has 0 saturated heterocycles. The van der Waals surface area contributed by atoms with E-state index < -0.39 is 4.92 Å². The molecular weight excluding hydrogens is 346 g/mol. The second-order valence-corrected chi connectivity index (χ2v) is 5.88. The standard InChI is InChI=1S/C19H17N5O3/c1-13-9-16(12-21-22-19(25)15-5-4-8-20-11-15)14(2)23(13)17-6-3-7-18(10-17)24(26)27/h3-12H,1-2H3,(H,22,25)/b21-12+. The normalized spacial score (nSPS) is 10.9. The Bertz CT molecular complexity index is 1030. The zero-order chi connectivity index (χ0) is 19.4. The summed E-state index contributed by atoms with van der Waals surface area (Å²) in [6, 6.07) is 11.6. The average molecular weight is 363 g/mol. The van der Waals surface area contributed by atoms with Crippen molar-refractivity contribution in [1.29, 1.82) is 0 Å². The molecule has 0 aliphatic rings. The molecule has 3 rings (SSSR count). The fraction of sp³-hybridized carbons (Fsp3) is 0.105. The zero-order valence-corrected chi connectivity index (χ0v) is 14.8. The number of hydrogen-bond acceptors (Lipinski definition) is 5. The van der Waals surface area contributed by atoms with Crippen LogP contribution in [0.4, 0.5) is 5.69 Å². The quantitative estimate of drug-likeness (QED) is 0.427. The molecule has 3 aromatic rings. The third kappa shape index (κ3) is 3.90. The van der Waals surface area contributed by atoms with Crippen molar-refractivity contribution in [3.05, 3.63) is 87.5 Å². The lowest BCUT2D eigenvalue weighted by atomic mass is 10.2. The van der Waals surface area contributed by atoms with Gasteiger partial charge in [-0.2, -0.15) is 5.10 Å². The first-order chi connectivity index (χ1) is 13.0. The lowest BCUT2D eigenvalue weighted by Crippen LogP contribution is -2.17. The molecule has 1 amide bonds. The van der Waals surface area contributed by atoms with Crippen LogP contribution in [0.15, 0.2) is 60.0 Å². The minimum absolute atomic E-state index is 0.0268. The molecule has 1 N–H and O–H groups in total. The van der Waals surface area contributed by atoms with Crippen molar-refractivity contribution < 1.29 is 9.72 Å². The number of aromatic nitrogens is 2. The summed E-state index contributed by atoms with van der Waals surface area (Å²) < 4.78 is 1.90. The number of aryl methyl sites for hydroxylation is 1. The van der Waals surface area contributed by atoms with Gasteiger partial charge in [0, 0.05) is 41.5 Å². The molecule has 136 valence electrons. The molecule has 0 unspecified atom stereocenters. The predicted molar refractivity (Wildman–Crippen MR) is 101 cm³/mol. The summed E-state index contributed by atoms with van der Waals surface area (Å²) in [4.78, 5) is 26.5. The van der Waals surface area contributed by atoms with E-state index >= 15 is 0 Å². The van der Waals surface area contributed by atoms with Crippen LogP contribution in [-0.2, 0) is 0 Å². The van der Waals surface area contributed by atoms with Gasteiger partial charge in [-0.15, -0.1) is 0 Å². The van der Waals surface area contributed by atoms with Crippen molar-refractivity contribution in [2.75, 3.05) is 0 Å². The highest BCUT2D eigenvalue weighted by Gasteiger charge is 2.13. The van der Waals surface area contributed by atoms with Gasteiger partial charge in [-0.3, -0.25) is 19.9 Å². The fourth-order valence-corrected chi connectivity index (χ4v) is 2.78. The molecule has 0 atom stereocenters. The number of nitro benzene ring substituents is 1. The van der Waals surface area contributed by atoms with Crippen molar-refractivity contribution in [2.24, 2.45) is 5.10 Å². The Balaban J connectivity index is 1.83. The van der Waals surface area contributed by atoms with Crippen LogP contribution in [0.3, 0.4) is 0 Å². The lowest BCUT2D eigenvalue weighted by molar-refractivity contribution is -0.384.